The zero-order valence-corrected chi connectivity index (χ0v) is 62.6. The summed E-state index contributed by atoms with van der Waals surface area (Å²) < 4.78 is 31.6. The number of ether oxygens (including phenoxy) is 1. The maximum Gasteiger partial charge on any atom is 1.00 e. The number of amides is 6. The summed E-state index contributed by atoms with van der Waals surface area (Å²) in [5.41, 5.74) is 36.5. The van der Waals surface area contributed by atoms with Crippen LogP contribution in [0.25, 0.3) is 0 Å². The minimum atomic E-state index is -1.41. The van der Waals surface area contributed by atoms with Gasteiger partial charge in [-0.2, -0.15) is 0 Å². The Kier molecular flexibility index (Phi) is 39.3. The van der Waals surface area contributed by atoms with Gasteiger partial charge in [0.25, 0.3) is 0 Å². The summed E-state index contributed by atoms with van der Waals surface area (Å²) in [5, 5.41) is 21.0. The Labute approximate surface area is 626 Å². The predicted molar refractivity (Wildman–Crippen MR) is 382 cm³/mol. The van der Waals surface area contributed by atoms with Gasteiger partial charge in [0.2, 0.25) is 35.4 Å². The smallest absolute Gasteiger partial charge is 0.870 e. The van der Waals surface area contributed by atoms with Crippen LogP contribution in [0.3, 0.4) is 0 Å². The average Bonchev–Trinajstić information content (AvgIpc) is 0.822. The van der Waals surface area contributed by atoms with Crippen molar-refractivity contribution in [2.75, 3.05) is 46.4 Å². The van der Waals surface area contributed by atoms with E-state index in [9.17, 15) is 61.8 Å². The van der Waals surface area contributed by atoms with Crippen molar-refractivity contribution in [3.8, 4) is 0 Å². The van der Waals surface area contributed by atoms with Gasteiger partial charge in [-0.1, -0.05) is 113 Å². The molecule has 18 N–H and O–H groups in total. The summed E-state index contributed by atoms with van der Waals surface area (Å²) >= 11 is 0. The molecular formula is C75H109F2N12NaO13. The number of ketones is 2. The van der Waals surface area contributed by atoms with Crippen LogP contribution < -0.4 is 85.2 Å². The number of benzene rings is 4. The standard InChI is InChI=1S/C38H55FN6O6.C37H53FN6O6.Na.H2O/c1-25(2)21-28(34(47)43-31(11-7-8-18-40)36(49)45-19-16-38(42,17-20-45)37(50)51-3)24-33(46)32(23-26-9-5-4-6-10-26)44-35(48)30(41)22-27-12-14-29(39)15-13-27;1-24(2)20-27(33(46)42-30(10-6-7-17-39)35(48)44-18-15-37(41,16-19-44)36(49)50)23-32(45)31(22-25-8-4-3-5-9-25)43-34(47)29(40)21-26-11-13-28(38)14-12-26;;/h4-6,9-10,12-15,25,28,30-32H,7-8,11,16-24,40-42H2,1-3H3,(H,43,47)(H,44,48);3-5,8-9,11-14,24,27,29-31H,6-7,10,15-23,39-41H2,1-2H3,(H,42,46)(H,43,47)(H,49,50);;1H2/q;;+1;/p-1/t28-,30+,31+,32+;27-,29+,30+,31+;;/m00../s1. The Morgan fingerprint density at radius 1 is 0.485 bits per heavy atom. The molecule has 0 bridgehead atoms. The molecule has 2 fully saturated rings. The Hall–Kier alpha value is -7.44. The number of Topliss-reactive ketones (excluding diaryl/α,β-unsaturated/α-hetero) is 2. The van der Waals surface area contributed by atoms with Crippen molar-refractivity contribution in [1.82, 2.24) is 31.1 Å². The fourth-order valence-corrected chi connectivity index (χ4v) is 12.6. The molecule has 2 aliphatic rings. The number of carbonyl (C=O) groups excluding carboxylic acids is 9. The van der Waals surface area contributed by atoms with E-state index >= 15 is 0 Å². The normalized spacial score (nSPS) is 16.2. The van der Waals surface area contributed by atoms with Crippen molar-refractivity contribution in [1.29, 1.82) is 0 Å². The summed E-state index contributed by atoms with van der Waals surface area (Å²) in [7, 11) is 1.28. The van der Waals surface area contributed by atoms with E-state index < -0.39 is 106 Å². The van der Waals surface area contributed by atoms with Gasteiger partial charge in [-0.25, -0.2) is 8.78 Å². The number of nitrogens with zero attached hydrogens (tertiary/aromatic N) is 2. The third-order valence-electron chi connectivity index (χ3n) is 18.6. The molecule has 2 heterocycles. The summed E-state index contributed by atoms with van der Waals surface area (Å²) in [6.07, 6.45) is 4.79. The molecule has 8 atom stereocenters. The molecule has 0 aromatic heterocycles. The molecule has 2 saturated heterocycles. The van der Waals surface area contributed by atoms with Crippen LogP contribution in [0.5, 0.6) is 0 Å². The Balaban J connectivity index is 0.000000525. The van der Waals surface area contributed by atoms with E-state index in [1.165, 1.54) is 36.3 Å². The third-order valence-corrected chi connectivity index (χ3v) is 18.6. The number of likely N-dealkylation sites (tertiary alicyclic amines) is 2. The minimum absolute atomic E-state index is 0. The molecule has 6 amide bonds. The van der Waals surface area contributed by atoms with Crippen molar-refractivity contribution in [2.45, 2.75) is 191 Å². The fraction of sp³-hybridized carbons (Fsp3) is 0.547. The Morgan fingerprint density at radius 2 is 0.806 bits per heavy atom. The molecule has 28 heteroatoms. The van der Waals surface area contributed by atoms with Gasteiger partial charge in [-0.3, -0.25) is 47.9 Å². The van der Waals surface area contributed by atoms with Crippen LogP contribution in [-0.4, -0.2) is 173 Å². The van der Waals surface area contributed by atoms with Crippen molar-refractivity contribution in [2.24, 2.45) is 58.1 Å². The van der Waals surface area contributed by atoms with Crippen LogP contribution in [0.4, 0.5) is 8.78 Å². The second-order valence-corrected chi connectivity index (χ2v) is 27.8. The van der Waals surface area contributed by atoms with Crippen molar-refractivity contribution in [3.05, 3.63) is 143 Å². The molecule has 103 heavy (non-hydrogen) atoms. The maximum absolute atomic E-state index is 14.0. The largest absolute Gasteiger partial charge is 1.00 e. The topological polar surface area (TPSA) is 441 Å². The molecule has 0 spiro atoms. The number of carboxylic acid groups (broad SMARTS) is 1. The number of piperidine rings is 2. The second kappa shape index (κ2) is 45.0. The van der Waals surface area contributed by atoms with E-state index in [4.69, 9.17) is 39.1 Å². The van der Waals surface area contributed by atoms with Gasteiger partial charge in [-0.05, 0) is 174 Å². The number of carboxylic acids is 1. The van der Waals surface area contributed by atoms with Gasteiger partial charge in [-0.15, -0.1) is 0 Å². The number of rotatable bonds is 38. The first kappa shape index (κ1) is 89.8. The van der Waals surface area contributed by atoms with Crippen LogP contribution in [0.1, 0.15) is 140 Å². The third kappa shape index (κ3) is 29.9. The van der Waals surface area contributed by atoms with Crippen LogP contribution in [0.15, 0.2) is 109 Å². The summed E-state index contributed by atoms with van der Waals surface area (Å²) in [5.74, 6) is -7.23. The van der Waals surface area contributed by atoms with Crippen LogP contribution >= 0.6 is 0 Å². The first-order chi connectivity index (χ1) is 48.0. The van der Waals surface area contributed by atoms with Gasteiger partial charge in [0.1, 0.15) is 34.8 Å². The van der Waals surface area contributed by atoms with Gasteiger partial charge in [0.15, 0.2) is 11.6 Å². The number of methoxy groups -OCH3 is 1. The molecule has 0 aliphatic carbocycles. The molecule has 4 aromatic carbocycles. The van der Waals surface area contributed by atoms with Crippen LogP contribution in [0.2, 0.25) is 0 Å². The number of unbranched alkanes of at least 4 members (excludes halogenated alkanes) is 2. The van der Waals surface area contributed by atoms with Crippen molar-refractivity contribution >= 4 is 58.9 Å². The van der Waals surface area contributed by atoms with Crippen LogP contribution in [0, 0.1) is 35.3 Å². The number of carbonyl (C=O) groups is 10. The predicted octanol–water partition coefficient (Wildman–Crippen LogP) is 1.04. The summed E-state index contributed by atoms with van der Waals surface area (Å²) in [6.45, 7) is 9.34. The van der Waals surface area contributed by atoms with Gasteiger partial charge in [0, 0.05) is 50.9 Å². The molecular weight excluding hydrogens is 1340 g/mol. The van der Waals surface area contributed by atoms with E-state index in [1.807, 2.05) is 88.4 Å². The van der Waals surface area contributed by atoms with E-state index in [-0.39, 0.29) is 161 Å². The molecule has 0 radical (unpaired) electrons. The summed E-state index contributed by atoms with van der Waals surface area (Å²) in [6, 6.07) is 24.0. The second-order valence-electron chi connectivity index (χ2n) is 27.8. The molecule has 25 nitrogen and oxygen atoms in total. The van der Waals surface area contributed by atoms with Crippen molar-refractivity contribution in [3.63, 3.8) is 0 Å². The number of esters is 1. The van der Waals surface area contributed by atoms with Crippen LogP contribution in [-0.2, 0) is 78.4 Å². The Morgan fingerprint density at radius 3 is 1.12 bits per heavy atom. The zero-order valence-electron chi connectivity index (χ0n) is 60.6. The average molecular weight is 1450 g/mol. The number of nitrogens with one attached hydrogen (secondary N) is 4. The first-order valence-corrected chi connectivity index (χ1v) is 35.2. The summed E-state index contributed by atoms with van der Waals surface area (Å²) in [4.78, 5) is 137. The number of halogens is 2. The van der Waals surface area contributed by atoms with Crippen molar-refractivity contribution < 1.29 is 102 Å². The zero-order chi connectivity index (χ0) is 74.4. The molecule has 2 aliphatic heterocycles. The van der Waals surface area contributed by atoms with Gasteiger partial charge >= 0.3 is 41.5 Å². The number of hydrogen-bond acceptors (Lipinski definition) is 18. The van der Waals surface area contributed by atoms with E-state index in [1.54, 1.807) is 29.2 Å². The minimum Gasteiger partial charge on any atom is -0.870 e. The van der Waals surface area contributed by atoms with E-state index in [0.29, 0.717) is 75.6 Å². The number of nitrogens with two attached hydrogens (primary N) is 6. The Bertz CT molecular complexity index is 3330. The quantitative estimate of drug-likeness (QED) is 0.0170. The number of hydrogen-bond donors (Lipinski definition) is 11. The van der Waals surface area contributed by atoms with Gasteiger partial charge in [0.05, 0.1) is 31.3 Å². The van der Waals surface area contributed by atoms with E-state index in [0.717, 1.165) is 11.1 Å². The molecule has 4 aromatic rings. The fourth-order valence-electron chi connectivity index (χ4n) is 12.6. The maximum atomic E-state index is 14.0. The molecule has 0 saturated carbocycles. The molecule has 562 valence electrons. The number of aliphatic carboxylic acids is 1. The van der Waals surface area contributed by atoms with Gasteiger partial charge < -0.3 is 80.8 Å². The van der Waals surface area contributed by atoms with E-state index in [2.05, 4.69) is 21.3 Å². The molecule has 0 unspecified atom stereocenters. The first-order valence-electron chi connectivity index (χ1n) is 35.2. The molecule has 6 rings (SSSR count). The monoisotopic (exact) mass is 1450 g/mol. The SMILES string of the molecule is CC(C)C[C@@H](CC(=O)[C@@H](Cc1ccccc1)NC(=O)[C@H](N)Cc1ccc(F)cc1)C(=O)N[C@H](CCCCN)C(=O)N1CCC(N)(C(=O)O)CC1.COC(=O)C1(N)CCN(C(=O)[C@@H](CCCCN)NC(=O)[C@H](CC(=O)[C@@H](Cc2ccccc2)NC(=O)[C@H](N)Cc2ccc(F)cc2)CC(C)C)CC1.[Na+].[OH-].